The third-order valence-electron chi connectivity index (χ3n) is 14.3. The molecule has 0 saturated carbocycles. The second kappa shape index (κ2) is 24.5. The molecule has 2 atom stereocenters. The van der Waals surface area contributed by atoms with Crippen LogP contribution in [0.25, 0.3) is 22.5 Å². The number of imidazole rings is 2. The van der Waals surface area contributed by atoms with E-state index in [4.69, 9.17) is 33.7 Å². The molecule has 2 unspecified atom stereocenters. The van der Waals surface area contributed by atoms with Crippen LogP contribution in [0.1, 0.15) is 125 Å². The Balaban J connectivity index is 0.000000218. The molecule has 6 heterocycles. The number of nitrogens with zero attached hydrogens (tertiary/aromatic N) is 6. The quantitative estimate of drug-likeness (QED) is 0.0772. The number of para-hydroxylation sites is 2. The van der Waals surface area contributed by atoms with Crippen molar-refractivity contribution in [3.05, 3.63) is 132 Å². The number of piperidine rings is 2. The molecule has 10 rings (SSSR count). The van der Waals surface area contributed by atoms with Crippen molar-refractivity contribution < 1.29 is 72.3 Å². The van der Waals surface area contributed by atoms with Gasteiger partial charge in [0.05, 0.1) is 7.11 Å². The zero-order valence-electron chi connectivity index (χ0n) is 45.4. The first-order valence-electron chi connectivity index (χ1n) is 26.1. The minimum absolute atomic E-state index is 0. The van der Waals surface area contributed by atoms with E-state index < -0.39 is 17.2 Å². The second-order valence-corrected chi connectivity index (χ2v) is 21.7. The molecule has 17 nitrogen and oxygen atoms in total. The van der Waals surface area contributed by atoms with Crippen LogP contribution in [0.4, 0.5) is 9.59 Å². The monoisotopic (exact) mass is 1040 g/mol. The van der Waals surface area contributed by atoms with Crippen molar-refractivity contribution in [1.82, 2.24) is 28.9 Å². The van der Waals surface area contributed by atoms with Gasteiger partial charge in [-0.25, -0.2) is 29.1 Å². The average molecular weight is 1050 g/mol. The van der Waals surface area contributed by atoms with Crippen LogP contribution >= 0.6 is 0 Å². The van der Waals surface area contributed by atoms with Crippen LogP contribution in [0.2, 0.25) is 0 Å². The Morgan fingerprint density at radius 2 is 0.857 bits per heavy atom. The van der Waals surface area contributed by atoms with E-state index >= 15 is 0 Å². The summed E-state index contributed by atoms with van der Waals surface area (Å²) in [6, 6.07) is 34.1. The van der Waals surface area contributed by atoms with Gasteiger partial charge in [-0.15, -0.1) is 0 Å². The molecular weight excluding hydrogens is 976 g/mol. The van der Waals surface area contributed by atoms with Crippen LogP contribution in [-0.2, 0) is 27.3 Å². The second-order valence-electron chi connectivity index (χ2n) is 21.7. The van der Waals surface area contributed by atoms with Crippen LogP contribution in [-0.4, -0.2) is 108 Å². The van der Waals surface area contributed by atoms with Gasteiger partial charge in [0.1, 0.15) is 57.2 Å². The first-order valence-corrected chi connectivity index (χ1v) is 26.1. The van der Waals surface area contributed by atoms with Gasteiger partial charge in [0.25, 0.3) is 0 Å². The maximum atomic E-state index is 12.9. The van der Waals surface area contributed by atoms with Crippen LogP contribution in [0.5, 0.6) is 23.0 Å². The van der Waals surface area contributed by atoms with Gasteiger partial charge in [-0.1, -0.05) is 36.4 Å². The summed E-state index contributed by atoms with van der Waals surface area (Å²) in [5.41, 5.74) is 2.42. The van der Waals surface area contributed by atoms with Gasteiger partial charge in [0.15, 0.2) is 11.4 Å². The molecule has 2 fully saturated rings. The molecule has 4 aliphatic rings. The largest absolute Gasteiger partial charge is 1.00 e. The molecule has 2 amide bonds. The summed E-state index contributed by atoms with van der Waals surface area (Å²) in [4.78, 5) is 63.6. The van der Waals surface area contributed by atoms with Crippen molar-refractivity contribution in [2.45, 2.75) is 116 Å². The molecule has 18 heteroatoms. The van der Waals surface area contributed by atoms with Gasteiger partial charge in [-0.05, 0) is 165 Å². The first-order chi connectivity index (χ1) is 35.9. The molecule has 0 radical (unpaired) electrons. The zero-order chi connectivity index (χ0) is 53.0. The van der Waals surface area contributed by atoms with E-state index in [9.17, 15) is 24.3 Å². The number of esters is 1. The maximum Gasteiger partial charge on any atom is 1.00 e. The number of ether oxygens (including phenoxy) is 5. The first kappa shape index (κ1) is 57.6. The Labute approximate surface area is 462 Å². The predicted octanol–water partition coefficient (Wildman–Crippen LogP) is 9.27. The number of carboxylic acids is 1. The Morgan fingerprint density at radius 3 is 1.21 bits per heavy atom. The van der Waals surface area contributed by atoms with Crippen LogP contribution < -0.4 is 28.3 Å². The number of aromatic carboxylic acids is 1. The van der Waals surface area contributed by atoms with Gasteiger partial charge < -0.3 is 53.2 Å². The van der Waals surface area contributed by atoms with Crippen molar-refractivity contribution in [2.24, 2.45) is 11.8 Å². The Hall–Kier alpha value is -7.06. The van der Waals surface area contributed by atoms with E-state index in [2.05, 4.69) is 0 Å². The number of carboxylic acid groups (broad SMARTS) is 1. The van der Waals surface area contributed by atoms with E-state index in [0.29, 0.717) is 73.1 Å². The fourth-order valence-electron chi connectivity index (χ4n) is 10.8. The number of rotatable bonds is 10. The SMILES string of the molecule is CC(C)(C)OC(=O)N1CCC(C2CCn3c2nc(-c2ccc(Oc4ccccc4)cc2)c3C(=O)O)CC1.COC(=O)c1c(-c2ccc(Oc3ccccc3)cc2)nc2n1CCC2C1CCN(C(=O)OC(C)(C)C)CC1.[Li+].[OH-]. The number of benzene rings is 4. The Bertz CT molecular complexity index is 2970. The predicted molar refractivity (Wildman–Crippen MR) is 284 cm³/mol. The summed E-state index contributed by atoms with van der Waals surface area (Å²) in [7, 11) is 1.40. The number of aromatic nitrogens is 4. The van der Waals surface area contributed by atoms with Gasteiger partial charge >= 0.3 is 43.0 Å². The Kier molecular flexibility index (Phi) is 18.3. The van der Waals surface area contributed by atoms with Gasteiger partial charge in [0, 0.05) is 62.2 Å². The molecular formula is C59H69LiN6O11. The van der Waals surface area contributed by atoms with E-state index in [1.807, 2.05) is 160 Å². The van der Waals surface area contributed by atoms with E-state index in [1.54, 1.807) is 9.80 Å². The van der Waals surface area contributed by atoms with Crippen molar-refractivity contribution in [2.75, 3.05) is 33.3 Å². The number of hydrogen-bond acceptors (Lipinski definition) is 12. The molecule has 77 heavy (non-hydrogen) atoms. The summed E-state index contributed by atoms with van der Waals surface area (Å²) in [5, 5.41) is 10.1. The summed E-state index contributed by atoms with van der Waals surface area (Å²) in [6.07, 6.45) is 4.72. The van der Waals surface area contributed by atoms with Crippen molar-refractivity contribution >= 4 is 24.1 Å². The summed E-state index contributed by atoms with van der Waals surface area (Å²) >= 11 is 0. The number of hydrogen-bond donors (Lipinski definition) is 1. The van der Waals surface area contributed by atoms with Gasteiger partial charge in [-0.3, -0.25) is 0 Å². The van der Waals surface area contributed by atoms with Gasteiger partial charge in [0.2, 0.25) is 0 Å². The normalized spacial score (nSPS) is 17.3. The van der Waals surface area contributed by atoms with Crippen LogP contribution in [0.3, 0.4) is 0 Å². The van der Waals surface area contributed by atoms with Gasteiger partial charge in [-0.2, -0.15) is 0 Å². The molecule has 2 saturated heterocycles. The average Bonchev–Trinajstić information content (AvgIpc) is 4.24. The number of likely N-dealkylation sites (tertiary alicyclic amines) is 2. The topological polar surface area (TPSA) is 207 Å². The summed E-state index contributed by atoms with van der Waals surface area (Å²) in [6.45, 7) is 15.2. The molecule has 0 aliphatic carbocycles. The minimum Gasteiger partial charge on any atom is -0.870 e. The van der Waals surface area contributed by atoms with Crippen LogP contribution in [0, 0.1) is 11.8 Å². The number of carbonyl (C=O) groups excluding carboxylic acids is 3. The number of carbonyl (C=O) groups is 4. The van der Waals surface area contributed by atoms with Crippen LogP contribution in [0.15, 0.2) is 109 Å². The van der Waals surface area contributed by atoms with Crippen molar-refractivity contribution in [3.8, 4) is 45.5 Å². The smallest absolute Gasteiger partial charge is 0.870 e. The van der Waals surface area contributed by atoms with E-state index in [1.165, 1.54) is 7.11 Å². The number of amides is 2. The standard InChI is InChI=1S/C30H35N3O5.C29H33N3O5.Li.H2O/c1-30(2,3)38-29(35)32-17-14-20(15-18-32)24-16-19-33-26(28(34)36-4)25(31-27(24)33)21-10-12-23(13-11-21)37-22-8-6-5-7-9-22;1-29(2,3)37-28(35)31-16-13-19(14-17-31)23-15-18-32-25(27(33)34)24(30-26(23)32)20-9-11-22(12-10-20)36-21-7-5-4-6-8-21;;/h5-13,20,24H,14-19H2,1-4H3;4-12,19,23H,13-18H2,1-3H3,(H,33,34);;1H2/q;;+1;/p-1. The third-order valence-corrected chi connectivity index (χ3v) is 14.3. The summed E-state index contributed by atoms with van der Waals surface area (Å²) in [5.74, 6) is 4.43. The molecule has 2 N–H and O–H groups in total. The minimum atomic E-state index is -0.973. The number of methoxy groups -OCH3 is 1. The maximum absolute atomic E-state index is 12.9. The number of fused-ring (bicyclic) bond motifs is 2. The fourth-order valence-corrected chi connectivity index (χ4v) is 10.8. The van der Waals surface area contributed by atoms with E-state index in [0.717, 1.165) is 79.3 Å². The van der Waals surface area contributed by atoms with Crippen molar-refractivity contribution in [3.63, 3.8) is 0 Å². The molecule has 4 aromatic carbocycles. The fraction of sp³-hybridized carbons (Fsp3) is 0.424. The molecule has 402 valence electrons. The van der Waals surface area contributed by atoms with E-state index in [-0.39, 0.29) is 60.0 Å². The molecule has 0 spiro atoms. The molecule has 0 bridgehead atoms. The summed E-state index contributed by atoms with van der Waals surface area (Å²) < 4.78 is 31.9. The third kappa shape index (κ3) is 13.6. The molecule has 4 aliphatic heterocycles. The molecule has 2 aromatic heterocycles. The van der Waals surface area contributed by atoms with Crippen molar-refractivity contribution in [1.29, 1.82) is 0 Å². The zero-order valence-corrected chi connectivity index (χ0v) is 45.4. The molecule has 6 aromatic rings. The Morgan fingerprint density at radius 1 is 0.506 bits per heavy atom.